The molecule has 0 bridgehead atoms. The van der Waals surface area contributed by atoms with Crippen molar-refractivity contribution in [2.75, 3.05) is 12.0 Å². The molecule has 3 N–H and O–H groups in total. The molecule has 0 amide bonds. The first-order valence-electron chi connectivity index (χ1n) is 5.81. The van der Waals surface area contributed by atoms with Crippen molar-refractivity contribution in [1.29, 1.82) is 0 Å². The molecule has 19 heavy (non-hydrogen) atoms. The van der Waals surface area contributed by atoms with Crippen molar-refractivity contribution in [2.45, 2.75) is 13.0 Å². The second-order valence-corrected chi connectivity index (χ2v) is 3.81. The second kappa shape index (κ2) is 5.96. The molecule has 1 unspecified atom stereocenters. The molecular formula is C12H14N4O3. The molecule has 0 saturated heterocycles. The summed E-state index contributed by atoms with van der Waals surface area (Å²) in [5.74, 6) is -0.616. The van der Waals surface area contributed by atoms with E-state index in [1.165, 1.54) is 0 Å². The molecule has 0 aliphatic carbocycles. The number of carbonyl (C=O) groups excluding carboxylic acids is 2. The van der Waals surface area contributed by atoms with Gasteiger partial charge in [0.25, 0.3) is 0 Å². The van der Waals surface area contributed by atoms with Crippen LogP contribution in [-0.4, -0.2) is 35.1 Å². The number of aldehydes is 1. The van der Waals surface area contributed by atoms with E-state index in [4.69, 9.17) is 4.74 Å². The van der Waals surface area contributed by atoms with E-state index in [0.29, 0.717) is 12.0 Å². The highest BCUT2D eigenvalue weighted by Gasteiger charge is 2.17. The molecule has 0 aliphatic heterocycles. The topological polar surface area (TPSA) is 96.1 Å². The number of anilines is 1. The van der Waals surface area contributed by atoms with Gasteiger partial charge in [-0.25, -0.2) is 10.2 Å². The van der Waals surface area contributed by atoms with Crippen LogP contribution >= 0.6 is 0 Å². The Morgan fingerprint density at radius 2 is 2.42 bits per heavy atom. The summed E-state index contributed by atoms with van der Waals surface area (Å²) < 4.78 is 4.75. The van der Waals surface area contributed by atoms with Crippen LogP contribution in [0.3, 0.4) is 0 Å². The standard InChI is InChI=1S/C12H14N4O3/c1-2-19-12(18)11(7-17)16-14-9-3-4-10-8(5-9)6-13-15-10/h3-7,11,14,16H,2H2,1H3,(H,13,15). The minimum absolute atomic E-state index is 0.228. The van der Waals surface area contributed by atoms with Crippen LogP contribution in [0.5, 0.6) is 0 Å². The molecule has 0 saturated carbocycles. The molecule has 0 radical (unpaired) electrons. The molecule has 100 valence electrons. The third kappa shape index (κ3) is 3.08. The molecule has 1 aromatic carbocycles. The predicted octanol–water partition coefficient (Wildman–Crippen LogP) is 0.610. The van der Waals surface area contributed by atoms with E-state index >= 15 is 0 Å². The van der Waals surface area contributed by atoms with Gasteiger partial charge in [-0.3, -0.25) is 5.10 Å². The highest BCUT2D eigenvalue weighted by atomic mass is 16.5. The summed E-state index contributed by atoms with van der Waals surface area (Å²) in [7, 11) is 0. The van der Waals surface area contributed by atoms with E-state index in [9.17, 15) is 9.59 Å². The molecule has 2 aromatic rings. The fraction of sp³-hybridized carbons (Fsp3) is 0.250. The van der Waals surface area contributed by atoms with E-state index in [0.717, 1.165) is 10.9 Å². The maximum atomic E-state index is 11.4. The summed E-state index contributed by atoms with van der Waals surface area (Å²) in [6.07, 6.45) is 2.17. The number of hydrogen-bond donors (Lipinski definition) is 3. The van der Waals surface area contributed by atoms with Crippen LogP contribution in [0, 0.1) is 0 Å². The van der Waals surface area contributed by atoms with Gasteiger partial charge in [-0.1, -0.05) is 0 Å². The number of aromatic nitrogens is 2. The van der Waals surface area contributed by atoms with Crippen molar-refractivity contribution in [2.24, 2.45) is 0 Å². The van der Waals surface area contributed by atoms with Gasteiger partial charge in [-0.05, 0) is 25.1 Å². The highest BCUT2D eigenvalue weighted by molar-refractivity contribution is 5.92. The predicted molar refractivity (Wildman–Crippen MR) is 69.3 cm³/mol. The van der Waals surface area contributed by atoms with Crippen LogP contribution in [0.1, 0.15) is 6.92 Å². The van der Waals surface area contributed by atoms with Crippen molar-refractivity contribution in [3.05, 3.63) is 24.4 Å². The minimum Gasteiger partial charge on any atom is -0.464 e. The molecule has 0 spiro atoms. The van der Waals surface area contributed by atoms with Crippen LogP contribution in [0.25, 0.3) is 10.9 Å². The number of hydrogen-bond acceptors (Lipinski definition) is 6. The Bertz CT molecular complexity index is 581. The molecule has 7 heteroatoms. The lowest BCUT2D eigenvalue weighted by Crippen LogP contribution is -2.42. The Labute approximate surface area is 109 Å². The zero-order valence-corrected chi connectivity index (χ0v) is 10.3. The van der Waals surface area contributed by atoms with Gasteiger partial charge in [0.2, 0.25) is 0 Å². The number of aromatic amines is 1. The Balaban J connectivity index is 2.00. The van der Waals surface area contributed by atoms with Crippen molar-refractivity contribution < 1.29 is 14.3 Å². The number of nitrogens with zero attached hydrogens (tertiary/aromatic N) is 1. The van der Waals surface area contributed by atoms with Gasteiger partial charge in [-0.2, -0.15) is 5.10 Å². The molecule has 1 atom stereocenters. The lowest BCUT2D eigenvalue weighted by Gasteiger charge is -2.13. The first-order valence-corrected chi connectivity index (χ1v) is 5.81. The van der Waals surface area contributed by atoms with E-state index in [1.54, 1.807) is 19.2 Å². The third-order valence-corrected chi connectivity index (χ3v) is 2.49. The Hall–Kier alpha value is -2.41. The quantitative estimate of drug-likeness (QED) is 0.305. The lowest BCUT2D eigenvalue weighted by atomic mass is 10.2. The van der Waals surface area contributed by atoms with Gasteiger partial charge in [0, 0.05) is 11.1 Å². The molecule has 2 rings (SSSR count). The van der Waals surface area contributed by atoms with Crippen LogP contribution in [-0.2, 0) is 14.3 Å². The molecule has 0 fully saturated rings. The van der Waals surface area contributed by atoms with Crippen molar-refractivity contribution in [3.8, 4) is 0 Å². The van der Waals surface area contributed by atoms with Crippen molar-refractivity contribution >= 4 is 28.8 Å². The summed E-state index contributed by atoms with van der Waals surface area (Å²) in [6.45, 7) is 1.91. The summed E-state index contributed by atoms with van der Waals surface area (Å²) >= 11 is 0. The zero-order chi connectivity index (χ0) is 13.7. The smallest absolute Gasteiger partial charge is 0.332 e. The molecule has 7 nitrogen and oxygen atoms in total. The summed E-state index contributed by atoms with van der Waals surface area (Å²) in [4.78, 5) is 22.2. The normalized spacial score (nSPS) is 12.1. The van der Waals surface area contributed by atoms with Crippen molar-refractivity contribution in [3.63, 3.8) is 0 Å². The number of benzene rings is 1. The fourth-order valence-electron chi connectivity index (χ4n) is 1.56. The number of ether oxygens (including phenoxy) is 1. The number of carbonyl (C=O) groups is 2. The van der Waals surface area contributed by atoms with E-state index in [1.807, 2.05) is 12.1 Å². The average molecular weight is 262 g/mol. The maximum absolute atomic E-state index is 11.4. The summed E-state index contributed by atoms with van der Waals surface area (Å²) in [5, 5.41) is 7.65. The number of rotatable bonds is 6. The van der Waals surface area contributed by atoms with Gasteiger partial charge in [-0.15, -0.1) is 0 Å². The number of hydrazine groups is 1. The molecular weight excluding hydrogens is 248 g/mol. The SMILES string of the molecule is CCOC(=O)C(C=O)NNc1ccc2[nH]ncc2c1. The summed E-state index contributed by atoms with van der Waals surface area (Å²) in [6, 6.07) is 4.42. The Morgan fingerprint density at radius 3 is 3.16 bits per heavy atom. The fourth-order valence-corrected chi connectivity index (χ4v) is 1.56. The molecule has 1 aromatic heterocycles. The molecule has 0 aliphatic rings. The average Bonchev–Trinajstić information content (AvgIpc) is 2.87. The Kier molecular flexibility index (Phi) is 4.09. The lowest BCUT2D eigenvalue weighted by molar-refractivity contribution is -0.146. The first-order chi connectivity index (χ1) is 9.24. The van der Waals surface area contributed by atoms with Gasteiger partial charge in [0.1, 0.15) is 6.29 Å². The van der Waals surface area contributed by atoms with Crippen LogP contribution in [0.15, 0.2) is 24.4 Å². The van der Waals surface area contributed by atoms with Crippen LogP contribution in [0.2, 0.25) is 0 Å². The van der Waals surface area contributed by atoms with Crippen LogP contribution in [0.4, 0.5) is 5.69 Å². The Morgan fingerprint density at radius 1 is 1.58 bits per heavy atom. The van der Waals surface area contributed by atoms with Gasteiger partial charge < -0.3 is 15.0 Å². The van der Waals surface area contributed by atoms with E-state index in [2.05, 4.69) is 21.0 Å². The third-order valence-electron chi connectivity index (χ3n) is 2.49. The second-order valence-electron chi connectivity index (χ2n) is 3.81. The highest BCUT2D eigenvalue weighted by Crippen LogP contribution is 2.15. The van der Waals surface area contributed by atoms with Crippen molar-refractivity contribution in [1.82, 2.24) is 15.6 Å². The minimum atomic E-state index is -1.04. The monoisotopic (exact) mass is 262 g/mol. The number of fused-ring (bicyclic) bond motifs is 1. The first kappa shape index (κ1) is 13.0. The largest absolute Gasteiger partial charge is 0.464 e. The van der Waals surface area contributed by atoms with Crippen LogP contribution < -0.4 is 10.9 Å². The van der Waals surface area contributed by atoms with Gasteiger partial charge >= 0.3 is 5.97 Å². The zero-order valence-electron chi connectivity index (χ0n) is 10.3. The van der Waals surface area contributed by atoms with E-state index < -0.39 is 12.0 Å². The molecule has 1 heterocycles. The van der Waals surface area contributed by atoms with E-state index in [-0.39, 0.29) is 6.61 Å². The number of esters is 1. The van der Waals surface area contributed by atoms with Gasteiger partial charge in [0.15, 0.2) is 6.04 Å². The summed E-state index contributed by atoms with van der Waals surface area (Å²) in [5.41, 5.74) is 7.02. The number of nitrogens with one attached hydrogen (secondary N) is 3. The maximum Gasteiger partial charge on any atom is 0.332 e. The van der Waals surface area contributed by atoms with Gasteiger partial charge in [0.05, 0.1) is 18.3 Å². The number of H-pyrrole nitrogens is 1.